The molecule has 1 fully saturated rings. The van der Waals surface area contributed by atoms with Gasteiger partial charge in [-0.25, -0.2) is 15.0 Å². The van der Waals surface area contributed by atoms with E-state index in [1.54, 1.807) is 18.5 Å². The molecule has 7 heteroatoms. The molecule has 3 aromatic rings. The molecule has 1 aliphatic rings. The Kier molecular flexibility index (Phi) is 4.66. The summed E-state index contributed by atoms with van der Waals surface area (Å²) in [6.07, 6.45) is 3.45. The van der Waals surface area contributed by atoms with E-state index in [-0.39, 0.29) is 11.1 Å². The summed E-state index contributed by atoms with van der Waals surface area (Å²) < 4.78 is 0. The van der Waals surface area contributed by atoms with Crippen LogP contribution in [0.1, 0.15) is 21.5 Å². The normalized spacial score (nSPS) is 14.6. The van der Waals surface area contributed by atoms with E-state index in [4.69, 9.17) is 11.6 Å². The van der Waals surface area contributed by atoms with Gasteiger partial charge in [-0.1, -0.05) is 23.2 Å². The molecule has 0 atom stereocenters. The van der Waals surface area contributed by atoms with E-state index in [2.05, 4.69) is 25.9 Å². The second kappa shape index (κ2) is 7.12. The van der Waals surface area contributed by atoms with Gasteiger partial charge in [0, 0.05) is 44.0 Å². The first-order valence-corrected chi connectivity index (χ1v) is 9.29. The highest BCUT2D eigenvalue weighted by Gasteiger charge is 2.25. The van der Waals surface area contributed by atoms with E-state index in [0.29, 0.717) is 37.7 Å². The summed E-state index contributed by atoms with van der Waals surface area (Å²) >= 11 is 6.36. The molecule has 1 aromatic carbocycles. The Hall–Kier alpha value is -2.73. The highest BCUT2D eigenvalue weighted by atomic mass is 35.5. The average Bonchev–Trinajstić information content (AvgIpc) is 2.68. The van der Waals surface area contributed by atoms with Gasteiger partial charge in [0.05, 0.1) is 11.1 Å². The summed E-state index contributed by atoms with van der Waals surface area (Å²) in [5, 5.41) is 1.20. The highest BCUT2D eigenvalue weighted by molar-refractivity contribution is 6.33. The second-order valence-corrected chi connectivity index (χ2v) is 7.17. The average molecular weight is 382 g/mol. The largest absolute Gasteiger partial charge is 0.337 e. The summed E-state index contributed by atoms with van der Waals surface area (Å²) in [6, 6.07) is 7.76. The minimum atomic E-state index is -0.0813. The lowest BCUT2D eigenvalue weighted by atomic mass is 10.0. The standard InChI is InChI=1S/C20H20ClN5O/c1-13-10-14(2)17-15(11-13)12-16(18(21)24-17)19(27)25-6-8-26(9-7-25)20-22-4-3-5-23-20/h3-5,10-12H,6-9H2,1-2H3. The number of nitrogens with zero attached hydrogens (tertiary/aromatic N) is 5. The van der Waals surface area contributed by atoms with Gasteiger partial charge >= 0.3 is 0 Å². The van der Waals surface area contributed by atoms with Crippen molar-refractivity contribution in [3.8, 4) is 0 Å². The van der Waals surface area contributed by atoms with Gasteiger partial charge in [0.15, 0.2) is 0 Å². The lowest BCUT2D eigenvalue weighted by Gasteiger charge is -2.34. The number of aryl methyl sites for hydroxylation is 2. The van der Waals surface area contributed by atoms with Crippen LogP contribution in [0, 0.1) is 13.8 Å². The fourth-order valence-electron chi connectivity index (χ4n) is 3.51. The molecule has 2 aromatic heterocycles. The first-order valence-electron chi connectivity index (χ1n) is 8.91. The minimum absolute atomic E-state index is 0.0813. The van der Waals surface area contributed by atoms with Crippen molar-refractivity contribution in [3.63, 3.8) is 0 Å². The highest BCUT2D eigenvalue weighted by Crippen LogP contribution is 2.26. The molecule has 4 rings (SSSR count). The molecule has 0 spiro atoms. The van der Waals surface area contributed by atoms with Crippen molar-refractivity contribution < 1.29 is 4.79 Å². The van der Waals surface area contributed by atoms with Crippen LogP contribution in [0.15, 0.2) is 36.7 Å². The minimum Gasteiger partial charge on any atom is -0.337 e. The molecule has 0 radical (unpaired) electrons. The van der Waals surface area contributed by atoms with Crippen LogP contribution < -0.4 is 4.90 Å². The van der Waals surface area contributed by atoms with Crippen molar-refractivity contribution in [1.82, 2.24) is 19.9 Å². The van der Waals surface area contributed by atoms with Crippen LogP contribution >= 0.6 is 11.6 Å². The number of anilines is 1. The lowest BCUT2D eigenvalue weighted by Crippen LogP contribution is -2.49. The third kappa shape index (κ3) is 3.45. The summed E-state index contributed by atoms with van der Waals surface area (Å²) in [5.74, 6) is 0.614. The van der Waals surface area contributed by atoms with E-state index in [1.807, 2.05) is 30.9 Å². The van der Waals surface area contributed by atoms with E-state index >= 15 is 0 Å². The number of carbonyl (C=O) groups excluding carboxylic acids is 1. The number of amides is 1. The van der Waals surface area contributed by atoms with Gasteiger partial charge in [-0.3, -0.25) is 4.79 Å². The van der Waals surface area contributed by atoms with E-state index in [1.165, 1.54) is 0 Å². The zero-order chi connectivity index (χ0) is 19.0. The molecular weight excluding hydrogens is 362 g/mol. The van der Waals surface area contributed by atoms with Crippen LogP contribution in [0.4, 0.5) is 5.95 Å². The first kappa shape index (κ1) is 17.7. The third-order valence-corrected chi connectivity index (χ3v) is 5.13. The van der Waals surface area contributed by atoms with Crippen LogP contribution in [0.5, 0.6) is 0 Å². The van der Waals surface area contributed by atoms with Crippen LogP contribution in [0.2, 0.25) is 5.15 Å². The molecule has 1 saturated heterocycles. The number of hydrogen-bond acceptors (Lipinski definition) is 5. The van der Waals surface area contributed by atoms with Crippen molar-refractivity contribution in [2.45, 2.75) is 13.8 Å². The monoisotopic (exact) mass is 381 g/mol. The fraction of sp³-hybridized carbons (Fsp3) is 0.300. The zero-order valence-electron chi connectivity index (χ0n) is 15.3. The summed E-state index contributed by atoms with van der Waals surface area (Å²) in [5.41, 5.74) is 3.49. The van der Waals surface area contributed by atoms with Gasteiger partial charge in [-0.05, 0) is 37.6 Å². The van der Waals surface area contributed by atoms with E-state index in [9.17, 15) is 4.79 Å². The predicted molar refractivity (Wildman–Crippen MR) is 106 cm³/mol. The smallest absolute Gasteiger partial charge is 0.257 e. The van der Waals surface area contributed by atoms with Crippen molar-refractivity contribution >= 4 is 34.4 Å². The number of aromatic nitrogens is 3. The van der Waals surface area contributed by atoms with Gasteiger partial charge in [-0.15, -0.1) is 0 Å². The second-order valence-electron chi connectivity index (χ2n) is 6.81. The Balaban J connectivity index is 1.56. The summed E-state index contributed by atoms with van der Waals surface area (Å²) in [4.78, 5) is 30.0. The predicted octanol–water partition coefficient (Wildman–Crippen LogP) is 3.26. The van der Waals surface area contributed by atoms with Gasteiger partial charge < -0.3 is 9.80 Å². The number of pyridine rings is 1. The molecule has 0 aliphatic carbocycles. The third-order valence-electron chi connectivity index (χ3n) is 4.84. The maximum Gasteiger partial charge on any atom is 0.257 e. The summed E-state index contributed by atoms with van der Waals surface area (Å²) in [7, 11) is 0. The Morgan fingerprint density at radius 3 is 2.44 bits per heavy atom. The van der Waals surface area contributed by atoms with E-state index in [0.717, 1.165) is 22.0 Å². The van der Waals surface area contributed by atoms with Crippen molar-refractivity contribution in [2.24, 2.45) is 0 Å². The first-order chi connectivity index (χ1) is 13.0. The molecular formula is C20H20ClN5O. The maximum absolute atomic E-state index is 13.0. The van der Waals surface area contributed by atoms with Gasteiger partial charge in [0.1, 0.15) is 5.15 Å². The van der Waals surface area contributed by atoms with Gasteiger partial charge in [0.2, 0.25) is 5.95 Å². The number of piperazine rings is 1. The molecule has 0 saturated carbocycles. The maximum atomic E-state index is 13.0. The fourth-order valence-corrected chi connectivity index (χ4v) is 3.73. The van der Waals surface area contributed by atoms with Gasteiger partial charge in [-0.2, -0.15) is 0 Å². The number of fused-ring (bicyclic) bond motifs is 1. The summed E-state index contributed by atoms with van der Waals surface area (Å²) in [6.45, 7) is 6.61. The van der Waals surface area contributed by atoms with E-state index < -0.39 is 0 Å². The number of hydrogen-bond donors (Lipinski definition) is 0. The quantitative estimate of drug-likeness (QED) is 0.637. The van der Waals surface area contributed by atoms with Crippen molar-refractivity contribution in [1.29, 1.82) is 0 Å². The molecule has 0 bridgehead atoms. The Bertz CT molecular complexity index is 1000. The number of carbonyl (C=O) groups is 1. The zero-order valence-corrected chi connectivity index (χ0v) is 16.1. The molecule has 1 aliphatic heterocycles. The molecule has 3 heterocycles. The number of benzene rings is 1. The Morgan fingerprint density at radius 1 is 1.04 bits per heavy atom. The number of rotatable bonds is 2. The molecule has 27 heavy (non-hydrogen) atoms. The van der Waals surface area contributed by atoms with Crippen LogP contribution in [-0.4, -0.2) is 51.9 Å². The van der Waals surface area contributed by atoms with Crippen LogP contribution in [0.25, 0.3) is 10.9 Å². The molecule has 0 N–H and O–H groups in total. The van der Waals surface area contributed by atoms with Crippen LogP contribution in [-0.2, 0) is 0 Å². The Labute approximate surface area is 162 Å². The van der Waals surface area contributed by atoms with Gasteiger partial charge in [0.25, 0.3) is 5.91 Å². The Morgan fingerprint density at radius 2 is 1.74 bits per heavy atom. The molecule has 138 valence electrons. The van der Waals surface area contributed by atoms with Crippen LogP contribution in [0.3, 0.4) is 0 Å². The number of halogens is 1. The molecule has 6 nitrogen and oxygen atoms in total. The molecule has 1 amide bonds. The molecule has 0 unspecified atom stereocenters. The van der Waals surface area contributed by atoms with Crippen molar-refractivity contribution in [3.05, 3.63) is 58.5 Å². The topological polar surface area (TPSA) is 62.2 Å². The lowest BCUT2D eigenvalue weighted by molar-refractivity contribution is 0.0746. The van der Waals surface area contributed by atoms with Crippen molar-refractivity contribution in [2.75, 3.05) is 31.1 Å². The SMILES string of the molecule is Cc1cc(C)c2nc(Cl)c(C(=O)N3CCN(c4ncccn4)CC3)cc2c1.